The quantitative estimate of drug-likeness (QED) is 0.218. The number of carboxylic acids is 1. The van der Waals surface area contributed by atoms with Crippen LogP contribution in [0.2, 0.25) is 0 Å². The first kappa shape index (κ1) is 14.7. The summed E-state index contributed by atoms with van der Waals surface area (Å²) in [5, 5.41) is 14.3. The lowest BCUT2D eigenvalue weighted by atomic mass is 10.2. The van der Waals surface area contributed by atoms with Gasteiger partial charge in [0.2, 0.25) is 0 Å². The molecular formula is C9H18N4O3. The third-order valence-electron chi connectivity index (χ3n) is 1.89. The largest absolute Gasteiger partial charge is 0.480 e. The van der Waals surface area contributed by atoms with Crippen molar-refractivity contribution in [3.63, 3.8) is 0 Å². The van der Waals surface area contributed by atoms with Gasteiger partial charge in [-0.2, -0.15) is 0 Å². The molecule has 0 aliphatic heterocycles. The molecule has 1 unspecified atom stereocenters. The summed E-state index contributed by atoms with van der Waals surface area (Å²) in [5.74, 6) is -1.30. The van der Waals surface area contributed by atoms with Gasteiger partial charge in [0.15, 0.2) is 0 Å². The minimum Gasteiger partial charge on any atom is -0.480 e. The maximum absolute atomic E-state index is 10.7. The Kier molecular flexibility index (Phi) is 8.22. The summed E-state index contributed by atoms with van der Waals surface area (Å²) >= 11 is 0. The number of hydrogen-bond donors (Lipinski definition) is 4. The van der Waals surface area contributed by atoms with Gasteiger partial charge in [0.1, 0.15) is 6.04 Å². The number of nitrogens with one attached hydrogen (secondary N) is 2. The van der Waals surface area contributed by atoms with Crippen molar-refractivity contribution in [1.82, 2.24) is 10.6 Å². The van der Waals surface area contributed by atoms with Crippen molar-refractivity contribution in [3.05, 3.63) is 0 Å². The van der Waals surface area contributed by atoms with Crippen LogP contribution in [0, 0.1) is 0 Å². The summed E-state index contributed by atoms with van der Waals surface area (Å²) in [6.45, 7) is 4.34. The Morgan fingerprint density at radius 1 is 1.44 bits per heavy atom. The molecule has 0 rings (SSSR count). The average molecular weight is 230 g/mol. The monoisotopic (exact) mass is 230 g/mol. The number of carbonyl (C=O) groups is 2. The van der Waals surface area contributed by atoms with Gasteiger partial charge >= 0.3 is 5.97 Å². The molecule has 0 spiro atoms. The normalized spacial score (nSPS) is 12.1. The van der Waals surface area contributed by atoms with E-state index in [-0.39, 0.29) is 12.5 Å². The molecule has 0 fully saturated rings. The first-order valence-electron chi connectivity index (χ1n) is 4.97. The van der Waals surface area contributed by atoms with Crippen LogP contribution in [-0.2, 0) is 9.59 Å². The summed E-state index contributed by atoms with van der Waals surface area (Å²) in [7, 11) is 0. The summed E-state index contributed by atoms with van der Waals surface area (Å²) in [4.78, 5) is 24.2. The maximum atomic E-state index is 10.7. The number of amides is 1. The molecule has 0 bridgehead atoms. The number of nitrogens with zero attached hydrogens (tertiary/aromatic N) is 1. The Morgan fingerprint density at radius 3 is 2.69 bits per heavy atom. The van der Waals surface area contributed by atoms with Crippen molar-refractivity contribution in [2.24, 2.45) is 10.7 Å². The number of hydrogen-bond acceptors (Lipinski definition) is 5. The molecule has 0 aliphatic rings. The Bertz CT molecular complexity index is 245. The number of aliphatic carboxylic acids is 1. The average Bonchev–Trinajstić information content (AvgIpc) is 2.26. The first-order valence-corrected chi connectivity index (χ1v) is 4.97. The summed E-state index contributed by atoms with van der Waals surface area (Å²) < 4.78 is 0. The molecular weight excluding hydrogens is 212 g/mol. The van der Waals surface area contributed by atoms with E-state index in [1.54, 1.807) is 0 Å². The number of carboxylic acid groups (broad SMARTS) is 1. The molecule has 5 N–H and O–H groups in total. The molecule has 0 saturated carbocycles. The molecule has 1 amide bonds. The molecule has 0 aromatic heterocycles. The summed E-state index contributed by atoms with van der Waals surface area (Å²) in [6.07, 6.45) is 1.10. The number of rotatable bonds is 9. The van der Waals surface area contributed by atoms with Crippen molar-refractivity contribution in [2.45, 2.75) is 18.9 Å². The lowest BCUT2D eigenvalue weighted by Crippen LogP contribution is -2.34. The van der Waals surface area contributed by atoms with Crippen LogP contribution in [0.25, 0.3) is 0 Å². The minimum atomic E-state index is -0.985. The van der Waals surface area contributed by atoms with E-state index in [0.717, 1.165) is 0 Å². The number of carbonyl (C=O) groups excluding carboxylic acids is 1. The highest BCUT2D eigenvalue weighted by Crippen LogP contribution is 1.92. The molecule has 0 aromatic carbocycles. The lowest BCUT2D eigenvalue weighted by Gasteiger charge is -2.07. The second-order valence-electron chi connectivity index (χ2n) is 3.24. The van der Waals surface area contributed by atoms with Crippen molar-refractivity contribution < 1.29 is 14.7 Å². The van der Waals surface area contributed by atoms with Gasteiger partial charge in [-0.15, -0.1) is 0 Å². The van der Waals surface area contributed by atoms with Crippen molar-refractivity contribution in [2.75, 3.05) is 19.8 Å². The Balaban J connectivity index is 3.25. The van der Waals surface area contributed by atoms with E-state index in [1.165, 1.54) is 0 Å². The van der Waals surface area contributed by atoms with Crippen LogP contribution >= 0.6 is 0 Å². The molecule has 92 valence electrons. The van der Waals surface area contributed by atoms with Crippen LogP contribution < -0.4 is 16.4 Å². The summed E-state index contributed by atoms with van der Waals surface area (Å²) in [6, 6.07) is -0.804. The van der Waals surface area contributed by atoms with E-state index in [0.29, 0.717) is 26.1 Å². The van der Waals surface area contributed by atoms with Crippen LogP contribution in [0.1, 0.15) is 12.8 Å². The second kappa shape index (κ2) is 8.96. The van der Waals surface area contributed by atoms with Crippen LogP contribution in [0.5, 0.6) is 0 Å². The van der Waals surface area contributed by atoms with Crippen LogP contribution in [0.3, 0.4) is 0 Å². The van der Waals surface area contributed by atoms with Crippen LogP contribution in [-0.4, -0.2) is 49.5 Å². The fourth-order valence-electron chi connectivity index (χ4n) is 0.973. The Hall–Kier alpha value is -1.31. The van der Waals surface area contributed by atoms with Crippen LogP contribution in [0.4, 0.5) is 0 Å². The van der Waals surface area contributed by atoms with Crippen molar-refractivity contribution in [1.29, 1.82) is 0 Å². The van der Waals surface area contributed by atoms with Gasteiger partial charge in [0, 0.05) is 6.67 Å². The van der Waals surface area contributed by atoms with E-state index in [1.807, 2.05) is 0 Å². The number of nitrogens with two attached hydrogens (primary N) is 1. The minimum absolute atomic E-state index is 0.144. The molecule has 7 nitrogen and oxygen atoms in total. The van der Waals surface area contributed by atoms with Gasteiger partial charge in [-0.1, -0.05) is 0 Å². The molecule has 0 aromatic rings. The van der Waals surface area contributed by atoms with Crippen LogP contribution in [0.15, 0.2) is 4.99 Å². The molecule has 0 heterocycles. The van der Waals surface area contributed by atoms with Crippen molar-refractivity contribution >= 4 is 18.6 Å². The van der Waals surface area contributed by atoms with Gasteiger partial charge in [-0.3, -0.25) is 14.9 Å². The standard InChI is InChI=1S/C9H18N4O3/c1-11-8(14)5-13-6-12-4-2-3-7(10)9(15)16/h7,12-13H,1-6,10H2,(H,15,16). The Morgan fingerprint density at radius 2 is 2.12 bits per heavy atom. The fourth-order valence-corrected chi connectivity index (χ4v) is 0.973. The van der Waals surface area contributed by atoms with Gasteiger partial charge in [0.25, 0.3) is 5.91 Å². The van der Waals surface area contributed by atoms with Gasteiger partial charge in [-0.25, -0.2) is 4.99 Å². The van der Waals surface area contributed by atoms with E-state index >= 15 is 0 Å². The highest BCUT2D eigenvalue weighted by atomic mass is 16.4. The van der Waals surface area contributed by atoms with E-state index in [9.17, 15) is 9.59 Å². The maximum Gasteiger partial charge on any atom is 0.320 e. The van der Waals surface area contributed by atoms with E-state index < -0.39 is 12.0 Å². The van der Waals surface area contributed by atoms with Gasteiger partial charge in [-0.05, 0) is 26.1 Å². The van der Waals surface area contributed by atoms with Gasteiger partial charge < -0.3 is 16.2 Å². The zero-order valence-corrected chi connectivity index (χ0v) is 9.11. The highest BCUT2D eigenvalue weighted by molar-refractivity contribution is 5.82. The molecule has 16 heavy (non-hydrogen) atoms. The third-order valence-corrected chi connectivity index (χ3v) is 1.89. The van der Waals surface area contributed by atoms with Gasteiger partial charge in [0.05, 0.1) is 6.54 Å². The summed E-state index contributed by atoms with van der Waals surface area (Å²) in [5.41, 5.74) is 5.31. The molecule has 0 radical (unpaired) electrons. The fraction of sp³-hybridized carbons (Fsp3) is 0.667. The van der Waals surface area contributed by atoms with E-state index in [2.05, 4.69) is 22.3 Å². The topological polar surface area (TPSA) is 117 Å². The molecule has 1 atom stereocenters. The number of aliphatic imine (C=N–C) groups is 1. The first-order chi connectivity index (χ1) is 7.57. The van der Waals surface area contributed by atoms with Crippen molar-refractivity contribution in [3.8, 4) is 0 Å². The second-order valence-corrected chi connectivity index (χ2v) is 3.24. The highest BCUT2D eigenvalue weighted by Gasteiger charge is 2.09. The zero-order chi connectivity index (χ0) is 12.4. The zero-order valence-electron chi connectivity index (χ0n) is 9.11. The molecule has 0 aliphatic carbocycles. The predicted octanol–water partition coefficient (Wildman–Crippen LogP) is -1.46. The van der Waals surface area contributed by atoms with E-state index in [4.69, 9.17) is 10.8 Å². The molecule has 7 heteroatoms. The SMILES string of the molecule is C=NC(=O)CNCNCCCC(N)C(=O)O. The smallest absolute Gasteiger partial charge is 0.320 e. The lowest BCUT2D eigenvalue weighted by molar-refractivity contribution is -0.138. The Labute approximate surface area is 94.1 Å². The molecule has 0 saturated heterocycles. The third kappa shape index (κ3) is 8.04. The predicted molar refractivity (Wildman–Crippen MR) is 60.3 cm³/mol.